The number of nitrogens with zero attached hydrogens (tertiary/aromatic N) is 2. The maximum atomic E-state index is 12.9. The summed E-state index contributed by atoms with van der Waals surface area (Å²) in [7, 11) is 3.14. The second-order valence-electron chi connectivity index (χ2n) is 9.48. The van der Waals surface area contributed by atoms with Crippen LogP contribution >= 0.6 is 11.6 Å². The summed E-state index contributed by atoms with van der Waals surface area (Å²) < 4.78 is 16.8. The van der Waals surface area contributed by atoms with Crippen LogP contribution in [0.25, 0.3) is 5.57 Å². The number of fused-ring (bicyclic) bond motifs is 2. The fourth-order valence-corrected chi connectivity index (χ4v) is 5.53. The van der Waals surface area contributed by atoms with Crippen molar-refractivity contribution in [2.24, 2.45) is 0 Å². The average molecular weight is 519 g/mol. The number of carbonyl (C=O) groups excluding carboxylic acids is 1. The van der Waals surface area contributed by atoms with Crippen molar-refractivity contribution in [3.8, 4) is 11.5 Å². The Morgan fingerprint density at radius 1 is 1.11 bits per heavy atom. The van der Waals surface area contributed by atoms with E-state index < -0.39 is 5.41 Å². The van der Waals surface area contributed by atoms with Crippen LogP contribution in [0.2, 0.25) is 5.02 Å². The number of piperidine rings is 1. The van der Waals surface area contributed by atoms with Gasteiger partial charge in [-0.2, -0.15) is 0 Å². The van der Waals surface area contributed by atoms with Gasteiger partial charge >= 0.3 is 5.97 Å². The second kappa shape index (κ2) is 11.0. The summed E-state index contributed by atoms with van der Waals surface area (Å²) in [6.07, 6.45) is 6.34. The molecular formula is C30H31ClN2O4. The van der Waals surface area contributed by atoms with E-state index in [1.165, 1.54) is 7.11 Å². The SMILES string of the molecule is COC(=O)C1(c2ccc(Cl)cc2)CCN(CCC=C2c3cc(OC)ccc3OCc3ncccc32)CC1. The molecule has 2 aliphatic heterocycles. The maximum Gasteiger partial charge on any atom is 0.316 e. The molecule has 2 aliphatic rings. The molecule has 0 N–H and O–H groups in total. The Bertz CT molecular complexity index is 1300. The van der Waals surface area contributed by atoms with Crippen LogP contribution in [0.5, 0.6) is 11.5 Å². The topological polar surface area (TPSA) is 60.9 Å². The number of hydrogen-bond donors (Lipinski definition) is 0. The van der Waals surface area contributed by atoms with Crippen molar-refractivity contribution in [1.29, 1.82) is 0 Å². The molecule has 7 heteroatoms. The lowest BCUT2D eigenvalue weighted by Crippen LogP contribution is -2.48. The molecule has 3 aromatic rings. The third-order valence-electron chi connectivity index (χ3n) is 7.50. The lowest BCUT2D eigenvalue weighted by atomic mass is 9.72. The van der Waals surface area contributed by atoms with E-state index in [1.807, 2.05) is 48.5 Å². The zero-order valence-electron chi connectivity index (χ0n) is 21.2. The molecule has 0 radical (unpaired) electrons. The van der Waals surface area contributed by atoms with Gasteiger partial charge in [-0.15, -0.1) is 0 Å². The zero-order chi connectivity index (χ0) is 25.8. The number of pyridine rings is 1. The number of esters is 1. The molecule has 1 aromatic heterocycles. The molecule has 0 spiro atoms. The van der Waals surface area contributed by atoms with Gasteiger partial charge in [0.2, 0.25) is 0 Å². The maximum absolute atomic E-state index is 12.9. The van der Waals surface area contributed by atoms with Gasteiger partial charge < -0.3 is 19.1 Å². The first-order valence-electron chi connectivity index (χ1n) is 12.6. The molecule has 6 nitrogen and oxygen atoms in total. The predicted molar refractivity (Wildman–Crippen MR) is 144 cm³/mol. The summed E-state index contributed by atoms with van der Waals surface area (Å²) in [5.41, 5.74) is 4.47. The lowest BCUT2D eigenvalue weighted by molar-refractivity contribution is -0.149. The Kier molecular flexibility index (Phi) is 7.49. The van der Waals surface area contributed by atoms with Gasteiger partial charge in [0.25, 0.3) is 0 Å². The summed E-state index contributed by atoms with van der Waals surface area (Å²) >= 11 is 6.10. The van der Waals surface area contributed by atoms with E-state index >= 15 is 0 Å². The third kappa shape index (κ3) is 5.09. The van der Waals surface area contributed by atoms with Gasteiger partial charge in [-0.3, -0.25) is 9.78 Å². The number of hydrogen-bond acceptors (Lipinski definition) is 6. The van der Waals surface area contributed by atoms with Gasteiger partial charge in [0.05, 0.1) is 25.3 Å². The smallest absolute Gasteiger partial charge is 0.316 e. The quantitative estimate of drug-likeness (QED) is 0.392. The highest BCUT2D eigenvalue weighted by atomic mass is 35.5. The van der Waals surface area contributed by atoms with Crippen molar-refractivity contribution in [1.82, 2.24) is 9.88 Å². The van der Waals surface area contributed by atoms with Crippen LogP contribution in [0.4, 0.5) is 0 Å². The predicted octanol–water partition coefficient (Wildman–Crippen LogP) is 5.66. The normalized spacial score (nSPS) is 17.8. The minimum atomic E-state index is -0.632. The molecule has 0 aliphatic carbocycles. The van der Waals surface area contributed by atoms with Crippen molar-refractivity contribution in [2.45, 2.75) is 31.3 Å². The molecule has 37 heavy (non-hydrogen) atoms. The van der Waals surface area contributed by atoms with E-state index in [-0.39, 0.29) is 5.97 Å². The highest BCUT2D eigenvalue weighted by molar-refractivity contribution is 6.30. The summed E-state index contributed by atoms with van der Waals surface area (Å²) in [5.74, 6) is 1.44. The highest BCUT2D eigenvalue weighted by Crippen LogP contribution is 2.39. The van der Waals surface area contributed by atoms with Gasteiger partial charge in [-0.1, -0.05) is 35.9 Å². The van der Waals surface area contributed by atoms with Crippen LogP contribution < -0.4 is 9.47 Å². The number of carbonyl (C=O) groups is 1. The Labute approximate surface area is 222 Å². The fraction of sp³-hybridized carbons (Fsp3) is 0.333. The monoisotopic (exact) mass is 518 g/mol. The molecular weight excluding hydrogens is 488 g/mol. The number of methoxy groups -OCH3 is 2. The van der Waals surface area contributed by atoms with Gasteiger partial charge in [0.1, 0.15) is 18.1 Å². The first-order valence-corrected chi connectivity index (χ1v) is 12.9. The Balaban J connectivity index is 1.34. The van der Waals surface area contributed by atoms with E-state index in [1.54, 1.807) is 13.3 Å². The number of halogens is 1. The van der Waals surface area contributed by atoms with Crippen LogP contribution in [-0.4, -0.2) is 49.7 Å². The lowest BCUT2D eigenvalue weighted by Gasteiger charge is -2.40. The van der Waals surface area contributed by atoms with Crippen molar-refractivity contribution in [3.05, 3.63) is 94.3 Å². The number of aromatic nitrogens is 1. The Morgan fingerprint density at radius 3 is 2.62 bits per heavy atom. The van der Waals surface area contributed by atoms with Crippen molar-refractivity contribution in [2.75, 3.05) is 33.9 Å². The van der Waals surface area contributed by atoms with Crippen LogP contribution in [0, 0.1) is 0 Å². The van der Waals surface area contributed by atoms with Gasteiger partial charge in [0.15, 0.2) is 0 Å². The van der Waals surface area contributed by atoms with Crippen molar-refractivity contribution in [3.63, 3.8) is 0 Å². The first-order chi connectivity index (χ1) is 18.0. The molecule has 0 bridgehead atoms. The Morgan fingerprint density at radius 2 is 1.89 bits per heavy atom. The van der Waals surface area contributed by atoms with Crippen LogP contribution in [0.3, 0.4) is 0 Å². The fourth-order valence-electron chi connectivity index (χ4n) is 5.41. The number of ether oxygens (including phenoxy) is 3. The number of rotatable bonds is 6. The third-order valence-corrected chi connectivity index (χ3v) is 7.75. The van der Waals surface area contributed by atoms with E-state index in [2.05, 4.69) is 22.0 Å². The molecule has 2 aromatic carbocycles. The van der Waals surface area contributed by atoms with Crippen LogP contribution in [-0.2, 0) is 21.6 Å². The molecule has 1 fully saturated rings. The zero-order valence-corrected chi connectivity index (χ0v) is 22.0. The summed E-state index contributed by atoms with van der Waals surface area (Å²) in [6, 6.07) is 17.6. The molecule has 1 saturated heterocycles. The summed E-state index contributed by atoms with van der Waals surface area (Å²) in [5, 5.41) is 0.661. The van der Waals surface area contributed by atoms with Gasteiger partial charge in [-0.05, 0) is 79.9 Å². The number of benzene rings is 2. The van der Waals surface area contributed by atoms with E-state index in [0.29, 0.717) is 24.5 Å². The first kappa shape index (κ1) is 25.3. The minimum Gasteiger partial charge on any atom is -0.497 e. The molecule has 0 saturated carbocycles. The molecule has 5 rings (SSSR count). The minimum absolute atomic E-state index is 0.176. The van der Waals surface area contributed by atoms with E-state index in [9.17, 15) is 4.79 Å². The largest absolute Gasteiger partial charge is 0.497 e. The van der Waals surface area contributed by atoms with Crippen LogP contribution in [0.1, 0.15) is 41.6 Å². The molecule has 3 heterocycles. The second-order valence-corrected chi connectivity index (χ2v) is 9.91. The Hall–Kier alpha value is -3.35. The van der Waals surface area contributed by atoms with Crippen LogP contribution in [0.15, 0.2) is 66.9 Å². The van der Waals surface area contributed by atoms with E-state index in [4.69, 9.17) is 25.8 Å². The van der Waals surface area contributed by atoms with Gasteiger partial charge in [-0.25, -0.2) is 0 Å². The summed E-state index contributed by atoms with van der Waals surface area (Å²) in [6.45, 7) is 2.94. The number of likely N-dealkylation sites (tertiary alicyclic amines) is 1. The molecule has 0 amide bonds. The molecule has 192 valence electrons. The standard InChI is InChI=1S/C30H31ClN2O4/c1-35-23-11-12-28-26(19-23)24(25-5-3-15-32-27(25)20-37-28)6-4-16-33-17-13-30(14-18-33,29(34)36-2)21-7-9-22(31)10-8-21/h3,5-12,15,19H,4,13-14,16-18,20H2,1-2H3. The average Bonchev–Trinajstić information content (AvgIpc) is 3.10. The summed E-state index contributed by atoms with van der Waals surface area (Å²) in [4.78, 5) is 19.9. The molecule has 0 unspecified atom stereocenters. The van der Waals surface area contributed by atoms with Crippen molar-refractivity contribution >= 4 is 23.1 Å². The van der Waals surface area contributed by atoms with E-state index in [0.717, 1.165) is 65.5 Å². The highest BCUT2D eigenvalue weighted by Gasteiger charge is 2.43. The van der Waals surface area contributed by atoms with Crippen molar-refractivity contribution < 1.29 is 19.0 Å². The molecule has 0 atom stereocenters. The van der Waals surface area contributed by atoms with Gasteiger partial charge in [0, 0.05) is 28.9 Å².